The normalized spacial score (nSPS) is 20.1. The highest BCUT2D eigenvalue weighted by Gasteiger charge is 2.45. The van der Waals surface area contributed by atoms with Gasteiger partial charge in [-0.3, -0.25) is 58.3 Å². The van der Waals surface area contributed by atoms with Crippen molar-refractivity contribution in [3.05, 3.63) is 99.6 Å². The second-order valence-electron chi connectivity index (χ2n) is 26.1. The summed E-state index contributed by atoms with van der Waals surface area (Å²) in [6.07, 6.45) is 2.79. The van der Waals surface area contributed by atoms with Crippen LogP contribution < -0.4 is 26.0 Å². The predicted octanol–water partition coefficient (Wildman–Crippen LogP) is 7.42. The van der Waals surface area contributed by atoms with Crippen molar-refractivity contribution in [1.29, 1.82) is 0 Å². The maximum Gasteiger partial charge on any atom is 0.410 e. The summed E-state index contributed by atoms with van der Waals surface area (Å²) in [6.45, 7) is 14.5. The van der Waals surface area contributed by atoms with Crippen molar-refractivity contribution < 1.29 is 72.1 Å². The third-order valence-corrected chi connectivity index (χ3v) is 19.8. The Morgan fingerprint density at radius 2 is 1.47 bits per heavy atom. The third-order valence-electron chi connectivity index (χ3n) is 18.9. The van der Waals surface area contributed by atoms with Crippen LogP contribution in [-0.4, -0.2) is 185 Å². The average Bonchev–Trinajstić information content (AvgIpc) is 1.81. The van der Waals surface area contributed by atoms with Gasteiger partial charge in [-0.2, -0.15) is 11.8 Å². The van der Waals surface area contributed by atoms with Crippen LogP contribution >= 0.6 is 11.8 Å². The quantitative estimate of drug-likeness (QED) is 0.0225. The molecular formula is C69H99N9O16S. The number of likely N-dealkylation sites (tertiary alicyclic amines) is 2. The van der Waals surface area contributed by atoms with Crippen molar-refractivity contribution in [2.75, 3.05) is 59.5 Å². The van der Waals surface area contributed by atoms with Crippen LogP contribution in [0.5, 0.6) is 5.75 Å². The van der Waals surface area contributed by atoms with E-state index in [4.69, 9.17) is 18.9 Å². The first-order chi connectivity index (χ1) is 45.1. The molecule has 9 amide bonds. The molecule has 6 rings (SSSR count). The van der Waals surface area contributed by atoms with E-state index in [-0.39, 0.29) is 95.7 Å². The molecule has 3 aliphatic rings. The summed E-state index contributed by atoms with van der Waals surface area (Å²) in [5.74, 6) is -4.81. The molecule has 0 aromatic heterocycles. The standard InChI is InChI=1S/C69H99N9O16S/c1-14-42(6)61(54(91-11)34-57(80)76-32-18-21-52(76)63(92-12)43(7)64(83)71-44(8)62(82)48-19-16-15-17-20-48)74(9)68(87)59(40(2)3)73-66(85)60(41(4)5)75(10)69(88)94-39-47-26-31-53(93-38-46-24-29-50(30-25-46)78(89)90)51(33-47)72-56(79)36-70-65(84)49-27-22-45(23-28-49)37-77-58(81)35-55(95-13)67(77)86/h15-17,19-20,24-26,29-31,33,40-45,49,52,54-55,59-63,82H,14,18,21-23,27-28,32,34-39H2,1-13H3,(H,70,84)(H,71,83)(H,72,79)(H,73,85)/t42-,43+,44+,45?,49?,52-,54+,55?,59-,60-,61-,62+,63+/m0/s1. The number of aliphatic hydroxyl groups is 1. The minimum atomic E-state index is -1.13. The van der Waals surface area contributed by atoms with Crippen LogP contribution in [0.2, 0.25) is 0 Å². The summed E-state index contributed by atoms with van der Waals surface area (Å²) < 4.78 is 24.0. The Labute approximate surface area is 562 Å². The molecular weight excluding hydrogens is 1240 g/mol. The molecule has 3 fully saturated rings. The number of anilines is 1. The topological polar surface area (TPSA) is 315 Å². The van der Waals surface area contributed by atoms with E-state index in [2.05, 4.69) is 21.3 Å². The second-order valence-corrected chi connectivity index (χ2v) is 27.2. The van der Waals surface area contributed by atoms with Gasteiger partial charge in [0.25, 0.3) is 5.69 Å². The number of non-ortho nitro benzene ring substituents is 1. The number of likely N-dealkylation sites (N-methyl/N-ethyl adjacent to an activating group) is 2. The van der Waals surface area contributed by atoms with Gasteiger partial charge in [-0.05, 0) is 116 Å². The number of carbonyl (C=O) groups excluding carboxylic acids is 9. The summed E-state index contributed by atoms with van der Waals surface area (Å²) >= 11 is 1.36. The number of hydrogen-bond acceptors (Lipinski definition) is 17. The largest absolute Gasteiger partial charge is 0.487 e. The molecule has 3 aromatic rings. The lowest BCUT2D eigenvalue weighted by Gasteiger charge is -2.41. The van der Waals surface area contributed by atoms with Gasteiger partial charge in [-0.1, -0.05) is 91.3 Å². The van der Waals surface area contributed by atoms with Crippen molar-refractivity contribution in [2.45, 2.75) is 180 Å². The van der Waals surface area contributed by atoms with Crippen LogP contribution in [0, 0.1) is 45.6 Å². The van der Waals surface area contributed by atoms with Crippen LogP contribution in [0.1, 0.15) is 136 Å². The van der Waals surface area contributed by atoms with E-state index >= 15 is 0 Å². The minimum Gasteiger partial charge on any atom is -0.487 e. The van der Waals surface area contributed by atoms with Gasteiger partial charge in [0.1, 0.15) is 31.0 Å². The number of amides is 9. The van der Waals surface area contributed by atoms with Gasteiger partial charge in [-0.15, -0.1) is 0 Å². The first-order valence-corrected chi connectivity index (χ1v) is 34.2. The molecule has 3 aromatic carbocycles. The number of hydrogen-bond donors (Lipinski definition) is 5. The third kappa shape index (κ3) is 20.2. The fourth-order valence-corrected chi connectivity index (χ4v) is 13.7. The zero-order chi connectivity index (χ0) is 70.0. The van der Waals surface area contributed by atoms with Crippen LogP contribution in [0.4, 0.5) is 16.2 Å². The number of methoxy groups -OCH3 is 2. The fraction of sp³-hybridized carbons (Fsp3) is 0.609. The van der Waals surface area contributed by atoms with Gasteiger partial charge in [0.05, 0.1) is 71.2 Å². The lowest BCUT2D eigenvalue weighted by Crippen LogP contribution is -2.60. The van der Waals surface area contributed by atoms with Gasteiger partial charge in [0.2, 0.25) is 47.3 Å². The van der Waals surface area contributed by atoms with E-state index in [1.807, 2.05) is 38.3 Å². The number of carbonyl (C=O) groups is 9. The smallest absolute Gasteiger partial charge is 0.410 e. The zero-order valence-corrected chi connectivity index (χ0v) is 58.0. The maximum absolute atomic E-state index is 14.9. The summed E-state index contributed by atoms with van der Waals surface area (Å²) in [5, 5.41) is 33.3. The maximum atomic E-state index is 14.9. The molecule has 11 atom stereocenters. The lowest BCUT2D eigenvalue weighted by atomic mass is 9.81. The SMILES string of the molecule is CC[C@H](C)[C@@H]([C@@H](CC(=O)N1CCC[C@H]1[C@H](OC)[C@@H](C)C(=O)N[C@H](C)[C@@H](O)c1ccccc1)OC)N(C)C(=O)[C@@H](NC(=O)[C@H](C(C)C)N(C)C(=O)OCc1ccc(OCc2ccc([N+](=O)[O-])cc2)c(NC(=O)CNC(=O)C2CCC(CN3C(=O)CC(SC)C3=O)CC2)c1)C(C)C. The Hall–Kier alpha value is -7.68. The zero-order valence-electron chi connectivity index (χ0n) is 57.2. The molecule has 0 bridgehead atoms. The lowest BCUT2D eigenvalue weighted by molar-refractivity contribution is -0.384. The molecule has 26 heteroatoms. The van der Waals surface area contributed by atoms with E-state index in [0.29, 0.717) is 74.7 Å². The molecule has 95 heavy (non-hydrogen) atoms. The van der Waals surface area contributed by atoms with Crippen LogP contribution in [0.25, 0.3) is 0 Å². The highest BCUT2D eigenvalue weighted by Crippen LogP contribution is 2.34. The molecule has 522 valence electrons. The van der Waals surface area contributed by atoms with Crippen LogP contribution in [-0.2, 0) is 65.8 Å². The van der Waals surface area contributed by atoms with Gasteiger partial charge in [0, 0.05) is 65.9 Å². The van der Waals surface area contributed by atoms with Gasteiger partial charge >= 0.3 is 6.09 Å². The van der Waals surface area contributed by atoms with Gasteiger partial charge < -0.3 is 55.1 Å². The first-order valence-electron chi connectivity index (χ1n) is 32.9. The molecule has 0 radical (unpaired) electrons. The van der Waals surface area contributed by atoms with Crippen molar-refractivity contribution in [2.24, 2.45) is 35.5 Å². The van der Waals surface area contributed by atoms with E-state index in [9.17, 15) is 58.4 Å². The number of thioether (sulfide) groups is 1. The van der Waals surface area contributed by atoms with Crippen molar-refractivity contribution in [3.8, 4) is 5.75 Å². The average molecular weight is 1340 g/mol. The highest BCUT2D eigenvalue weighted by atomic mass is 32.2. The van der Waals surface area contributed by atoms with E-state index < -0.39 is 102 Å². The second kappa shape index (κ2) is 35.9. The fourth-order valence-electron chi connectivity index (χ4n) is 13.1. The summed E-state index contributed by atoms with van der Waals surface area (Å²) in [6, 6.07) is 15.6. The summed E-state index contributed by atoms with van der Waals surface area (Å²) in [7, 11) is 6.05. The van der Waals surface area contributed by atoms with Gasteiger partial charge in [-0.25, -0.2) is 4.79 Å². The molecule has 2 heterocycles. The monoisotopic (exact) mass is 1340 g/mol. The van der Waals surface area contributed by atoms with E-state index in [0.717, 1.165) is 4.90 Å². The van der Waals surface area contributed by atoms with Gasteiger partial charge in [0.15, 0.2) is 0 Å². The number of nitrogens with zero attached hydrogens (tertiary/aromatic N) is 5. The Morgan fingerprint density at radius 3 is 2.06 bits per heavy atom. The molecule has 1 aliphatic carbocycles. The molecule has 2 saturated heterocycles. The predicted molar refractivity (Wildman–Crippen MR) is 358 cm³/mol. The Morgan fingerprint density at radius 1 is 0.811 bits per heavy atom. The number of nitrogens with one attached hydrogen (secondary N) is 4. The molecule has 0 spiro atoms. The number of aliphatic hydroxyl groups excluding tert-OH is 1. The Balaban J connectivity index is 1.08. The molecule has 1 saturated carbocycles. The number of benzene rings is 3. The Bertz CT molecular complexity index is 3130. The molecule has 5 N–H and O–H groups in total. The van der Waals surface area contributed by atoms with Crippen LogP contribution in [0.3, 0.4) is 0 Å². The summed E-state index contributed by atoms with van der Waals surface area (Å²) in [4.78, 5) is 140. The van der Waals surface area contributed by atoms with E-state index in [1.165, 1.54) is 68.3 Å². The number of nitro benzene ring substituents is 1. The van der Waals surface area contributed by atoms with Crippen molar-refractivity contribution >= 4 is 76.5 Å². The minimum absolute atomic E-state index is 0.0484. The molecule has 1 unspecified atom stereocenters. The molecule has 25 nitrogen and oxygen atoms in total. The number of rotatable bonds is 33. The number of ether oxygens (including phenoxy) is 4. The Kier molecular flexibility index (Phi) is 28.8. The van der Waals surface area contributed by atoms with Crippen molar-refractivity contribution in [1.82, 2.24) is 35.6 Å². The number of imide groups is 1. The first kappa shape index (κ1) is 76.3. The summed E-state index contributed by atoms with van der Waals surface area (Å²) in [5.41, 5.74) is 1.71. The molecule has 2 aliphatic heterocycles. The highest BCUT2D eigenvalue weighted by molar-refractivity contribution is 8.00. The van der Waals surface area contributed by atoms with Crippen LogP contribution in [0.15, 0.2) is 72.8 Å². The van der Waals surface area contributed by atoms with E-state index in [1.54, 1.807) is 82.7 Å². The number of nitro groups is 1. The van der Waals surface area contributed by atoms with Crippen molar-refractivity contribution in [3.63, 3.8) is 0 Å².